The van der Waals surface area contributed by atoms with E-state index in [0.29, 0.717) is 0 Å². The summed E-state index contributed by atoms with van der Waals surface area (Å²) in [5, 5.41) is 0. The maximum atomic E-state index is 2.89. The summed E-state index contributed by atoms with van der Waals surface area (Å²) in [5.41, 5.74) is 0. The van der Waals surface area contributed by atoms with Gasteiger partial charge in [-0.1, -0.05) is 0 Å². The molecule has 0 N–H and O–H groups in total. The van der Waals surface area contributed by atoms with E-state index in [1.165, 1.54) is 0 Å². The molecule has 3 heteroatoms. The number of benzene rings is 1. The first-order valence-corrected chi connectivity index (χ1v) is 1.91. The molecule has 0 aliphatic rings. The minimum absolute atomic E-state index is 0. The molecule has 0 nitrogen and oxygen atoms in total. The van der Waals surface area contributed by atoms with Crippen molar-refractivity contribution < 1.29 is 17.0 Å². The van der Waals surface area contributed by atoms with Crippen LogP contribution in [0.5, 0.6) is 0 Å². The van der Waals surface area contributed by atoms with Crippen molar-refractivity contribution in [2.24, 2.45) is 0 Å². The second-order valence-corrected chi connectivity index (χ2v) is 1.08. The van der Waals surface area contributed by atoms with Crippen molar-refractivity contribution in [3.05, 3.63) is 36.4 Å². The van der Waals surface area contributed by atoms with Gasteiger partial charge in [0.1, 0.15) is 0 Å². The first kappa shape index (κ1) is 16.5. The first-order valence-electron chi connectivity index (χ1n) is 1.91. The standard InChI is InChI=1S/C6H5.2BrH.Mg/c1-2-4-6-5-3-1;;;/h1-5H;2*1H;/q-1;;;+2/p-1. The van der Waals surface area contributed by atoms with Crippen LogP contribution in [0.4, 0.5) is 0 Å². The topological polar surface area (TPSA) is 0 Å². The fourth-order valence-corrected chi connectivity index (χ4v) is 0.342. The van der Waals surface area contributed by atoms with E-state index in [9.17, 15) is 0 Å². The fraction of sp³-hybridized carbons (Fsp3) is 0. The van der Waals surface area contributed by atoms with Crippen molar-refractivity contribution in [2.45, 2.75) is 0 Å². The van der Waals surface area contributed by atoms with Gasteiger partial charge in [-0.05, 0) is 0 Å². The van der Waals surface area contributed by atoms with Gasteiger partial charge in [0.05, 0.1) is 0 Å². The minimum atomic E-state index is 0. The van der Waals surface area contributed by atoms with Gasteiger partial charge in [0, 0.05) is 0 Å². The van der Waals surface area contributed by atoms with Crippen molar-refractivity contribution in [3.8, 4) is 0 Å². The second-order valence-electron chi connectivity index (χ2n) is 1.08. The zero-order chi connectivity index (χ0) is 4.24. The van der Waals surface area contributed by atoms with E-state index < -0.39 is 0 Å². The maximum Gasteiger partial charge on any atom is 2.00 e. The average Bonchev–Trinajstić information content (AvgIpc) is 1.72. The summed E-state index contributed by atoms with van der Waals surface area (Å²) in [6.45, 7) is 0. The molecule has 0 atom stereocenters. The third-order valence-corrected chi connectivity index (χ3v) is 0.607. The number of halogens is 2. The molecule has 1 aromatic carbocycles. The van der Waals surface area contributed by atoms with Crippen molar-refractivity contribution in [3.63, 3.8) is 0 Å². The van der Waals surface area contributed by atoms with E-state index >= 15 is 0 Å². The van der Waals surface area contributed by atoms with Crippen LogP contribution < -0.4 is 17.0 Å². The number of hydrogen-bond donors (Lipinski definition) is 0. The Morgan fingerprint density at radius 2 is 1.33 bits per heavy atom. The van der Waals surface area contributed by atoms with Crippen molar-refractivity contribution in [2.75, 3.05) is 0 Å². The summed E-state index contributed by atoms with van der Waals surface area (Å²) in [6, 6.07) is 12.5. The average molecular weight is 262 g/mol. The molecule has 1 aromatic rings. The van der Waals surface area contributed by atoms with Crippen LogP contribution in [0.2, 0.25) is 0 Å². The van der Waals surface area contributed by atoms with Crippen LogP contribution in [0.15, 0.2) is 30.3 Å². The molecule has 0 saturated carbocycles. The molecule has 0 fully saturated rings. The summed E-state index contributed by atoms with van der Waals surface area (Å²) < 4.78 is 0. The molecular formula is C6H6Br2Mg. The zero-order valence-electron chi connectivity index (χ0n) is 4.88. The van der Waals surface area contributed by atoms with Crippen LogP contribution in [0.3, 0.4) is 0 Å². The van der Waals surface area contributed by atoms with Gasteiger partial charge in [-0.25, -0.2) is 0 Å². The van der Waals surface area contributed by atoms with Gasteiger partial charge in [-0.3, -0.25) is 0 Å². The molecule has 1 rings (SSSR count). The normalized spacial score (nSPS) is 5.33. The van der Waals surface area contributed by atoms with Gasteiger partial charge in [-0.15, -0.1) is 17.0 Å². The van der Waals surface area contributed by atoms with Crippen LogP contribution >= 0.6 is 17.0 Å². The number of hydrogen-bond acceptors (Lipinski definition) is 0. The molecule has 0 unspecified atom stereocenters. The van der Waals surface area contributed by atoms with E-state index in [1.54, 1.807) is 0 Å². The van der Waals surface area contributed by atoms with E-state index in [1.807, 2.05) is 30.3 Å². The van der Waals surface area contributed by atoms with E-state index in [2.05, 4.69) is 6.07 Å². The molecule has 0 amide bonds. The summed E-state index contributed by atoms with van der Waals surface area (Å²) in [6.07, 6.45) is 0. The van der Waals surface area contributed by atoms with Gasteiger partial charge in [0.25, 0.3) is 0 Å². The fourth-order valence-electron chi connectivity index (χ4n) is 0.342. The molecule has 0 aliphatic heterocycles. The molecule has 0 aliphatic carbocycles. The third-order valence-electron chi connectivity index (χ3n) is 0.607. The van der Waals surface area contributed by atoms with Crippen LogP contribution in [0.25, 0.3) is 0 Å². The summed E-state index contributed by atoms with van der Waals surface area (Å²) in [7, 11) is 0. The Bertz CT molecular complexity index is 83.0. The number of rotatable bonds is 0. The van der Waals surface area contributed by atoms with E-state index in [-0.39, 0.29) is 57.0 Å². The summed E-state index contributed by atoms with van der Waals surface area (Å²) >= 11 is 0. The van der Waals surface area contributed by atoms with Gasteiger partial charge in [0.2, 0.25) is 0 Å². The van der Waals surface area contributed by atoms with Crippen molar-refractivity contribution >= 4 is 40.0 Å². The van der Waals surface area contributed by atoms with E-state index in [0.717, 1.165) is 0 Å². The molecule has 0 heterocycles. The smallest absolute Gasteiger partial charge is 1.00 e. The molecular weight excluding hydrogens is 256 g/mol. The Morgan fingerprint density at radius 1 is 0.889 bits per heavy atom. The Labute approximate surface area is 92.7 Å². The van der Waals surface area contributed by atoms with Crippen molar-refractivity contribution in [1.29, 1.82) is 0 Å². The molecule has 0 spiro atoms. The zero-order valence-corrected chi connectivity index (χ0v) is 9.59. The molecule has 0 aromatic heterocycles. The third kappa shape index (κ3) is 8.95. The van der Waals surface area contributed by atoms with Crippen LogP contribution in [0, 0.1) is 6.07 Å². The van der Waals surface area contributed by atoms with Gasteiger partial charge in [0.15, 0.2) is 0 Å². The van der Waals surface area contributed by atoms with Crippen molar-refractivity contribution in [1.82, 2.24) is 0 Å². The molecule has 46 valence electrons. The minimum Gasteiger partial charge on any atom is -1.00 e. The molecule has 0 bridgehead atoms. The van der Waals surface area contributed by atoms with Crippen LogP contribution in [-0.2, 0) is 0 Å². The monoisotopic (exact) mass is 260 g/mol. The SMILES string of the molecule is Br.[Br-].[Mg+2].[c-]1ccccc1. The predicted molar refractivity (Wildman–Crippen MR) is 41.4 cm³/mol. The Balaban J connectivity index is -0.000000120. The van der Waals surface area contributed by atoms with Crippen LogP contribution in [-0.4, -0.2) is 23.1 Å². The molecule has 9 heavy (non-hydrogen) atoms. The Morgan fingerprint density at radius 3 is 1.44 bits per heavy atom. The van der Waals surface area contributed by atoms with Gasteiger partial charge < -0.3 is 17.0 Å². The van der Waals surface area contributed by atoms with E-state index in [4.69, 9.17) is 0 Å². The Kier molecular flexibility index (Phi) is 21.5. The molecule has 0 saturated heterocycles. The summed E-state index contributed by atoms with van der Waals surface area (Å²) in [4.78, 5) is 0. The largest absolute Gasteiger partial charge is 2.00 e. The van der Waals surface area contributed by atoms with Gasteiger partial charge in [-0.2, -0.15) is 36.4 Å². The Hall–Kier alpha value is 0.946. The maximum absolute atomic E-state index is 2.89. The van der Waals surface area contributed by atoms with Gasteiger partial charge >= 0.3 is 23.1 Å². The second kappa shape index (κ2) is 11.7. The predicted octanol–water partition coefficient (Wildman–Crippen LogP) is -1.31. The molecule has 0 radical (unpaired) electrons. The first-order chi connectivity index (χ1) is 3.00. The quantitative estimate of drug-likeness (QED) is 0.402. The summed E-state index contributed by atoms with van der Waals surface area (Å²) in [5.74, 6) is 0. The van der Waals surface area contributed by atoms with Crippen LogP contribution in [0.1, 0.15) is 0 Å².